The second-order valence-corrected chi connectivity index (χ2v) is 12.8. The molecule has 0 spiro atoms. The molecule has 0 aliphatic rings. The van der Waals surface area contributed by atoms with Gasteiger partial charge in [0.25, 0.3) is 0 Å². The molecule has 0 heterocycles. The Morgan fingerprint density at radius 1 is 0.267 bits per heavy atom. The quantitative estimate of drug-likeness (QED) is 0.113. The molecule has 0 rings (SSSR count). The molecule has 45 heavy (non-hydrogen) atoms. The predicted molar refractivity (Wildman–Crippen MR) is 177 cm³/mol. The highest BCUT2D eigenvalue weighted by Gasteiger charge is 2.15. The summed E-state index contributed by atoms with van der Waals surface area (Å²) in [7, 11) is 0. The number of rotatable bonds is 31. The molecule has 0 fully saturated rings. The van der Waals surface area contributed by atoms with E-state index in [-0.39, 0.29) is 67.0 Å². The van der Waals surface area contributed by atoms with Gasteiger partial charge in [-0.15, -0.1) is 0 Å². The van der Waals surface area contributed by atoms with Gasteiger partial charge >= 0.3 is 0 Å². The summed E-state index contributed by atoms with van der Waals surface area (Å²) in [6, 6.07) is 0.0386. The van der Waals surface area contributed by atoms with Crippen LogP contribution in [0.5, 0.6) is 0 Å². The second-order valence-electron chi connectivity index (χ2n) is 12.8. The van der Waals surface area contributed by atoms with Crippen LogP contribution in [0, 0.1) is 0 Å². The molecule has 0 aliphatic heterocycles. The van der Waals surface area contributed by atoms with Crippen LogP contribution in [-0.4, -0.2) is 140 Å². The fourth-order valence-corrected chi connectivity index (χ4v) is 3.57. The van der Waals surface area contributed by atoms with Gasteiger partial charge in [-0.25, -0.2) is 0 Å². The molecule has 0 radical (unpaired) electrons. The van der Waals surface area contributed by atoms with Crippen LogP contribution < -0.4 is 11.5 Å². The van der Waals surface area contributed by atoms with E-state index in [9.17, 15) is 0 Å². The summed E-state index contributed by atoms with van der Waals surface area (Å²) < 4.78 is 58.1. The van der Waals surface area contributed by atoms with Crippen LogP contribution in [0.25, 0.3) is 0 Å². The molecule has 12 nitrogen and oxygen atoms in total. The van der Waals surface area contributed by atoms with Crippen LogP contribution in [0.15, 0.2) is 0 Å². The summed E-state index contributed by atoms with van der Waals surface area (Å²) in [4.78, 5) is 0. The zero-order chi connectivity index (χ0) is 34.2. The molecule has 272 valence electrons. The van der Waals surface area contributed by atoms with Gasteiger partial charge in [0.05, 0.1) is 128 Å². The largest absolute Gasteiger partial charge is 0.377 e. The standard InChI is InChI=1S/C33H70N2O10/c1-23(34)12-36-14-25(3)38-16-27(5)40-18-29(7)42-20-31(9)44-22-33(11)45-21-32(10)43-19-30(8)41-17-28(6)39-15-26(4)37-13-24(2)35/h23-33H,12-22,34-35H2,1-11H3. The lowest BCUT2D eigenvalue weighted by atomic mass is 10.3. The highest BCUT2D eigenvalue weighted by Crippen LogP contribution is 2.06. The number of hydrogen-bond donors (Lipinski definition) is 2. The Hall–Kier alpha value is -0.480. The van der Waals surface area contributed by atoms with Crippen LogP contribution in [0.4, 0.5) is 0 Å². The van der Waals surface area contributed by atoms with Gasteiger partial charge in [-0.2, -0.15) is 0 Å². The average molecular weight is 655 g/mol. The van der Waals surface area contributed by atoms with Crippen LogP contribution >= 0.6 is 0 Å². The zero-order valence-corrected chi connectivity index (χ0v) is 30.4. The van der Waals surface area contributed by atoms with Gasteiger partial charge in [0.1, 0.15) is 0 Å². The van der Waals surface area contributed by atoms with Crippen molar-refractivity contribution in [3.63, 3.8) is 0 Å². The summed E-state index contributed by atoms with van der Waals surface area (Å²) in [5.41, 5.74) is 11.4. The Balaban J connectivity index is 3.89. The fraction of sp³-hybridized carbons (Fsp3) is 1.00. The minimum atomic E-state index is -0.0716. The molecule has 11 atom stereocenters. The Morgan fingerprint density at radius 3 is 0.644 bits per heavy atom. The summed E-state index contributed by atoms with van der Waals surface area (Å²) in [5, 5.41) is 0. The molecule has 0 saturated heterocycles. The van der Waals surface area contributed by atoms with E-state index in [1.807, 2.05) is 76.2 Å². The highest BCUT2D eigenvalue weighted by molar-refractivity contribution is 4.61. The minimum absolute atomic E-state index is 0.00839. The van der Waals surface area contributed by atoms with Crippen molar-refractivity contribution in [2.75, 3.05) is 72.7 Å². The van der Waals surface area contributed by atoms with E-state index in [2.05, 4.69) is 0 Å². The van der Waals surface area contributed by atoms with E-state index in [0.717, 1.165) is 0 Å². The number of nitrogens with two attached hydrogens (primary N) is 2. The third-order valence-corrected chi connectivity index (χ3v) is 6.30. The van der Waals surface area contributed by atoms with Crippen molar-refractivity contribution in [1.29, 1.82) is 0 Å². The van der Waals surface area contributed by atoms with Crippen molar-refractivity contribution >= 4 is 0 Å². The lowest BCUT2D eigenvalue weighted by Crippen LogP contribution is -2.31. The van der Waals surface area contributed by atoms with E-state index in [0.29, 0.717) is 72.7 Å². The van der Waals surface area contributed by atoms with E-state index >= 15 is 0 Å². The zero-order valence-electron chi connectivity index (χ0n) is 30.4. The molecule has 11 unspecified atom stereocenters. The molecular formula is C33H70N2O10. The third kappa shape index (κ3) is 29.4. The summed E-state index contributed by atoms with van der Waals surface area (Å²) >= 11 is 0. The molecule has 0 aromatic heterocycles. The van der Waals surface area contributed by atoms with E-state index in [1.54, 1.807) is 0 Å². The van der Waals surface area contributed by atoms with Gasteiger partial charge in [0.2, 0.25) is 0 Å². The van der Waals surface area contributed by atoms with Gasteiger partial charge in [-0.3, -0.25) is 0 Å². The lowest BCUT2D eigenvalue weighted by Gasteiger charge is -2.23. The Labute approximate surface area is 274 Å². The summed E-state index contributed by atoms with van der Waals surface area (Å²) in [5.74, 6) is 0. The van der Waals surface area contributed by atoms with Crippen molar-refractivity contribution < 1.29 is 47.4 Å². The Kier molecular flexibility index (Phi) is 27.2. The predicted octanol–water partition coefficient (Wildman–Crippen LogP) is 3.34. The van der Waals surface area contributed by atoms with Crippen LogP contribution in [0.1, 0.15) is 76.2 Å². The second kappa shape index (κ2) is 27.5. The molecule has 0 aliphatic carbocycles. The van der Waals surface area contributed by atoms with Gasteiger partial charge in [0, 0.05) is 12.1 Å². The Bertz CT molecular complexity index is 663. The first-order valence-corrected chi connectivity index (χ1v) is 16.8. The van der Waals surface area contributed by atoms with Gasteiger partial charge in [-0.05, 0) is 76.2 Å². The fourth-order valence-electron chi connectivity index (χ4n) is 3.57. The molecule has 0 saturated carbocycles. The van der Waals surface area contributed by atoms with Crippen molar-refractivity contribution in [2.45, 2.75) is 143 Å². The first kappa shape index (κ1) is 44.5. The van der Waals surface area contributed by atoms with Crippen LogP contribution in [0.2, 0.25) is 0 Å². The van der Waals surface area contributed by atoms with Crippen LogP contribution in [-0.2, 0) is 47.4 Å². The highest BCUT2D eigenvalue weighted by atomic mass is 16.6. The molecule has 0 aromatic rings. The van der Waals surface area contributed by atoms with Gasteiger partial charge in [-0.1, -0.05) is 0 Å². The smallest absolute Gasteiger partial charge is 0.0781 e. The van der Waals surface area contributed by atoms with E-state index in [1.165, 1.54) is 0 Å². The maximum absolute atomic E-state index is 5.92. The van der Waals surface area contributed by atoms with Crippen LogP contribution in [0.3, 0.4) is 0 Å². The number of ether oxygens (including phenoxy) is 10. The minimum Gasteiger partial charge on any atom is -0.377 e. The summed E-state index contributed by atoms with van der Waals surface area (Å²) in [6.07, 6.45) is -0.443. The summed E-state index contributed by atoms with van der Waals surface area (Å²) in [6.45, 7) is 27.1. The average Bonchev–Trinajstić information content (AvgIpc) is 2.98. The first-order valence-electron chi connectivity index (χ1n) is 16.8. The third-order valence-electron chi connectivity index (χ3n) is 6.30. The molecule has 4 N–H and O–H groups in total. The lowest BCUT2D eigenvalue weighted by molar-refractivity contribution is -0.111. The topological polar surface area (TPSA) is 144 Å². The maximum Gasteiger partial charge on any atom is 0.0781 e. The monoisotopic (exact) mass is 655 g/mol. The molecule has 12 heteroatoms. The Morgan fingerprint density at radius 2 is 0.444 bits per heavy atom. The molecule has 0 amide bonds. The molecular weight excluding hydrogens is 584 g/mol. The molecule has 0 aromatic carbocycles. The van der Waals surface area contributed by atoms with Crippen molar-refractivity contribution in [3.05, 3.63) is 0 Å². The van der Waals surface area contributed by atoms with E-state index < -0.39 is 0 Å². The SMILES string of the molecule is CC(N)COCC(C)OCC(C)OCC(C)OCC(C)OCC(C)OCC(C)OCC(C)OCC(C)OCC(C)OCC(C)N. The van der Waals surface area contributed by atoms with E-state index in [4.69, 9.17) is 58.8 Å². The normalized spacial score (nSPS) is 19.7. The van der Waals surface area contributed by atoms with Gasteiger partial charge < -0.3 is 58.8 Å². The van der Waals surface area contributed by atoms with Crippen molar-refractivity contribution in [3.8, 4) is 0 Å². The molecule has 0 bridgehead atoms. The first-order chi connectivity index (χ1) is 21.2. The van der Waals surface area contributed by atoms with Gasteiger partial charge in [0.15, 0.2) is 0 Å². The maximum atomic E-state index is 5.92. The number of hydrogen-bond acceptors (Lipinski definition) is 12. The van der Waals surface area contributed by atoms with Crippen molar-refractivity contribution in [1.82, 2.24) is 0 Å². The van der Waals surface area contributed by atoms with Crippen molar-refractivity contribution in [2.24, 2.45) is 11.5 Å².